The number of carbonyl (C=O) groups is 1. The Hall–Kier alpha value is -2.64. The Balaban J connectivity index is 1.38. The van der Waals surface area contributed by atoms with Gasteiger partial charge >= 0.3 is 6.18 Å². The number of hydrogen-bond acceptors (Lipinski definition) is 4. The summed E-state index contributed by atoms with van der Waals surface area (Å²) in [6.07, 6.45) is -4.66. The van der Waals surface area contributed by atoms with E-state index >= 15 is 4.39 Å². The molecule has 0 spiro atoms. The van der Waals surface area contributed by atoms with Gasteiger partial charge in [0.1, 0.15) is 17.5 Å². The predicted octanol–water partition coefficient (Wildman–Crippen LogP) is 4.08. The number of halogens is 6. The van der Waals surface area contributed by atoms with Crippen molar-refractivity contribution in [2.75, 3.05) is 6.61 Å². The van der Waals surface area contributed by atoms with E-state index in [-0.39, 0.29) is 29.7 Å². The number of hydrogen-bond donors (Lipinski definition) is 1. The van der Waals surface area contributed by atoms with E-state index in [0.717, 1.165) is 17.0 Å². The van der Waals surface area contributed by atoms with E-state index in [9.17, 15) is 35.2 Å². The number of sulfonamides is 1. The summed E-state index contributed by atoms with van der Waals surface area (Å²) < 4.78 is 118. The number of benzene rings is 2. The molecule has 2 heterocycles. The van der Waals surface area contributed by atoms with Crippen LogP contribution in [0.25, 0.3) is 11.1 Å². The summed E-state index contributed by atoms with van der Waals surface area (Å²) in [6.45, 7) is -0.254. The second-order valence-corrected chi connectivity index (χ2v) is 12.7. The van der Waals surface area contributed by atoms with Crippen molar-refractivity contribution in [1.82, 2.24) is 9.62 Å². The molecule has 0 unspecified atom stereocenters. The van der Waals surface area contributed by atoms with Crippen molar-refractivity contribution in [3.05, 3.63) is 59.4 Å². The van der Waals surface area contributed by atoms with Crippen LogP contribution in [0.1, 0.15) is 31.2 Å². The van der Waals surface area contributed by atoms with Crippen LogP contribution in [0, 0.1) is 23.4 Å². The number of amides is 1. The van der Waals surface area contributed by atoms with E-state index in [1.165, 1.54) is 18.2 Å². The quantitative estimate of drug-likeness (QED) is 0.506. The summed E-state index contributed by atoms with van der Waals surface area (Å²) in [6, 6.07) is 3.89. The van der Waals surface area contributed by atoms with Crippen molar-refractivity contribution in [2.45, 2.75) is 67.3 Å². The molecule has 0 radical (unpaired) electrons. The molecule has 0 bridgehead atoms. The van der Waals surface area contributed by atoms with Gasteiger partial charge in [-0.1, -0.05) is 18.2 Å². The fourth-order valence-electron chi connectivity index (χ4n) is 5.89. The van der Waals surface area contributed by atoms with Crippen molar-refractivity contribution < 1.29 is 44.3 Å². The lowest BCUT2D eigenvalue weighted by Crippen LogP contribution is -2.67. The third kappa shape index (κ3) is 4.42. The minimum atomic E-state index is -4.99. The van der Waals surface area contributed by atoms with Crippen LogP contribution in [0.2, 0.25) is 0 Å². The maximum Gasteiger partial charge on any atom is 0.426 e. The van der Waals surface area contributed by atoms with Crippen LogP contribution in [0.3, 0.4) is 0 Å². The number of alkyl halides is 3. The van der Waals surface area contributed by atoms with E-state index in [1.54, 1.807) is 0 Å². The lowest BCUT2D eigenvalue weighted by Gasteiger charge is -2.45. The molecule has 1 N–H and O–H groups in total. The first-order valence-electron chi connectivity index (χ1n) is 12.6. The van der Waals surface area contributed by atoms with Gasteiger partial charge in [0.25, 0.3) is 5.91 Å². The van der Waals surface area contributed by atoms with Crippen molar-refractivity contribution in [3.63, 3.8) is 0 Å². The largest absolute Gasteiger partial charge is 0.426 e. The molecule has 4 aliphatic rings. The Morgan fingerprint density at radius 2 is 1.77 bits per heavy atom. The highest BCUT2D eigenvalue weighted by atomic mass is 32.2. The molecule has 39 heavy (non-hydrogen) atoms. The van der Waals surface area contributed by atoms with Crippen LogP contribution < -0.4 is 4.72 Å². The molecule has 1 amide bonds. The van der Waals surface area contributed by atoms with Gasteiger partial charge in [-0.3, -0.25) is 4.79 Å². The Bertz CT molecular complexity index is 1420. The SMILES string of the molecule is O=C(N1[C@@H]2C[C@@H]2[C@@H](NS(=O)(=O)C2CC2)[C@H]1Cc1cccc(-c2cc(F)cc(F)c2)c1F)[C@]1(C(F)(F)F)CCO1. The highest BCUT2D eigenvalue weighted by molar-refractivity contribution is 7.90. The standard InChI is InChI=1S/C26H24F6N2O4S/c27-15-8-14(9-16(28)11-15)18-3-1-2-13(22(18)29)10-21-23(33-39(36,37)17-4-5-17)19-12-20(19)34(21)24(35)25(6-7-38-25)26(30,31)32/h1-3,8-9,11,17,19-21,23,33H,4-7,10,12H2/t19-,20+,21+,23+,25-/m0/s1. The van der Waals surface area contributed by atoms with Gasteiger partial charge in [0.05, 0.1) is 17.9 Å². The summed E-state index contributed by atoms with van der Waals surface area (Å²) in [7, 11) is -3.80. The number of fused-ring (bicyclic) bond motifs is 1. The molecule has 2 aromatic carbocycles. The summed E-state index contributed by atoms with van der Waals surface area (Å²) in [4.78, 5) is 14.5. The number of nitrogens with one attached hydrogen (secondary N) is 1. The first-order chi connectivity index (χ1) is 18.3. The molecule has 6 rings (SSSR count). The van der Waals surface area contributed by atoms with Crippen molar-refractivity contribution >= 4 is 15.9 Å². The molecule has 2 saturated heterocycles. The molecule has 0 aromatic heterocycles. The van der Waals surface area contributed by atoms with Crippen molar-refractivity contribution in [3.8, 4) is 11.1 Å². The summed E-state index contributed by atoms with van der Waals surface area (Å²) in [5.74, 6) is -4.45. The Labute approximate surface area is 220 Å². The van der Waals surface area contributed by atoms with E-state index in [4.69, 9.17) is 4.74 Å². The van der Waals surface area contributed by atoms with Gasteiger partial charge in [0.15, 0.2) is 0 Å². The fraction of sp³-hybridized carbons (Fsp3) is 0.500. The molecular formula is C26H24F6N2O4S. The predicted molar refractivity (Wildman–Crippen MR) is 126 cm³/mol. The third-order valence-corrected chi connectivity index (χ3v) is 10.1. The zero-order valence-electron chi connectivity index (χ0n) is 20.3. The second kappa shape index (κ2) is 8.93. The van der Waals surface area contributed by atoms with Gasteiger partial charge in [-0.2, -0.15) is 13.2 Å². The number of piperidine rings is 1. The highest BCUT2D eigenvalue weighted by Gasteiger charge is 2.71. The summed E-state index contributed by atoms with van der Waals surface area (Å²) >= 11 is 0. The topological polar surface area (TPSA) is 75.7 Å². The first kappa shape index (κ1) is 26.6. The Kier molecular flexibility index (Phi) is 6.09. The van der Waals surface area contributed by atoms with Crippen LogP contribution in [-0.4, -0.2) is 61.0 Å². The zero-order chi connectivity index (χ0) is 27.9. The molecular weight excluding hydrogens is 550 g/mol. The maximum atomic E-state index is 15.7. The van der Waals surface area contributed by atoms with E-state index in [2.05, 4.69) is 4.72 Å². The zero-order valence-corrected chi connectivity index (χ0v) is 21.2. The van der Waals surface area contributed by atoms with Gasteiger partial charge < -0.3 is 9.64 Å². The number of rotatable bonds is 7. The average Bonchev–Trinajstić information content (AvgIpc) is 3.70. The molecule has 2 aliphatic carbocycles. The molecule has 4 fully saturated rings. The normalized spacial score (nSPS) is 30.2. The summed E-state index contributed by atoms with van der Waals surface area (Å²) in [5, 5.41) is -0.612. The lowest BCUT2D eigenvalue weighted by molar-refractivity contribution is -0.313. The highest BCUT2D eigenvalue weighted by Crippen LogP contribution is 2.53. The fourth-order valence-corrected chi connectivity index (χ4v) is 7.55. The smallest absolute Gasteiger partial charge is 0.357 e. The van der Waals surface area contributed by atoms with Gasteiger partial charge in [-0.05, 0) is 54.9 Å². The lowest BCUT2D eigenvalue weighted by atomic mass is 9.89. The van der Waals surface area contributed by atoms with Crippen LogP contribution >= 0.6 is 0 Å². The molecule has 210 valence electrons. The van der Waals surface area contributed by atoms with Crippen molar-refractivity contribution in [2.24, 2.45) is 5.92 Å². The van der Waals surface area contributed by atoms with Gasteiger partial charge in [0, 0.05) is 30.1 Å². The minimum absolute atomic E-state index is 0.0347. The first-order valence-corrected chi connectivity index (χ1v) is 14.2. The Morgan fingerprint density at radius 1 is 1.10 bits per heavy atom. The maximum absolute atomic E-state index is 15.7. The van der Waals surface area contributed by atoms with Gasteiger partial charge in [-0.15, -0.1) is 0 Å². The average molecular weight is 575 g/mol. The Morgan fingerprint density at radius 3 is 2.33 bits per heavy atom. The van der Waals surface area contributed by atoms with Crippen LogP contribution in [0.5, 0.6) is 0 Å². The van der Waals surface area contributed by atoms with E-state index in [1.807, 2.05) is 0 Å². The molecule has 2 aromatic rings. The van der Waals surface area contributed by atoms with Crippen molar-refractivity contribution in [1.29, 1.82) is 0 Å². The number of ether oxygens (including phenoxy) is 1. The molecule has 2 saturated carbocycles. The van der Waals surface area contributed by atoms with Gasteiger partial charge in [0.2, 0.25) is 15.6 Å². The molecule has 13 heteroatoms. The summed E-state index contributed by atoms with van der Waals surface area (Å²) in [5.41, 5.74) is -3.29. The monoisotopic (exact) mass is 574 g/mol. The molecule has 2 aliphatic heterocycles. The number of carbonyl (C=O) groups excluding carboxylic acids is 1. The van der Waals surface area contributed by atoms with Crippen LogP contribution in [-0.2, 0) is 26.0 Å². The number of nitrogens with zero attached hydrogens (tertiary/aromatic N) is 1. The second-order valence-electron chi connectivity index (χ2n) is 10.7. The minimum Gasteiger partial charge on any atom is -0.357 e. The van der Waals surface area contributed by atoms with Gasteiger partial charge in [-0.25, -0.2) is 26.3 Å². The van der Waals surface area contributed by atoms with Crippen LogP contribution in [0.4, 0.5) is 26.3 Å². The third-order valence-electron chi connectivity index (χ3n) is 8.18. The van der Waals surface area contributed by atoms with E-state index in [0.29, 0.717) is 25.3 Å². The van der Waals surface area contributed by atoms with Crippen LogP contribution in [0.15, 0.2) is 36.4 Å². The number of likely N-dealkylation sites (tertiary alicyclic amines) is 1. The van der Waals surface area contributed by atoms with E-state index < -0.39 is 80.9 Å². The molecule has 5 atom stereocenters. The molecule has 6 nitrogen and oxygen atoms in total.